The number of alkyl halides is 3. The van der Waals surface area contributed by atoms with Gasteiger partial charge >= 0.3 is 14.9 Å². The van der Waals surface area contributed by atoms with Gasteiger partial charge in [-0.15, -0.1) is 4.52 Å². The lowest BCUT2D eigenvalue weighted by molar-refractivity contribution is -0.139. The van der Waals surface area contributed by atoms with E-state index in [9.17, 15) is 22.8 Å². The van der Waals surface area contributed by atoms with Gasteiger partial charge in [0.25, 0.3) is 0 Å². The number of ether oxygens (including phenoxy) is 1. The molecule has 0 aliphatic carbocycles. The maximum atomic E-state index is 13.6. The van der Waals surface area contributed by atoms with E-state index >= 15 is 0 Å². The van der Waals surface area contributed by atoms with Crippen molar-refractivity contribution in [2.45, 2.75) is 37.4 Å². The lowest BCUT2D eigenvalue weighted by Gasteiger charge is -2.24. The van der Waals surface area contributed by atoms with Crippen molar-refractivity contribution in [3.8, 4) is 11.8 Å². The SMILES string of the molecule is N#Cc1ccc(CCCOc2ccc(CCC(N)(CO)CO[PH+]=O)cc2C(F)(F)F)cc1. The molecular formula is C22H25F3N2O4P+. The van der Waals surface area contributed by atoms with Gasteiger partial charge in [0.15, 0.2) is 0 Å². The Morgan fingerprint density at radius 1 is 1.09 bits per heavy atom. The van der Waals surface area contributed by atoms with Gasteiger partial charge in [0.05, 0.1) is 35.9 Å². The molecule has 0 amide bonds. The van der Waals surface area contributed by atoms with E-state index in [1.165, 1.54) is 12.1 Å². The van der Waals surface area contributed by atoms with Crippen molar-refractivity contribution >= 4 is 8.69 Å². The first-order valence-electron chi connectivity index (χ1n) is 9.91. The molecule has 32 heavy (non-hydrogen) atoms. The van der Waals surface area contributed by atoms with Gasteiger partial charge in [-0.25, -0.2) is 0 Å². The van der Waals surface area contributed by atoms with Crippen LogP contribution in [0.2, 0.25) is 0 Å². The van der Waals surface area contributed by atoms with Crippen LogP contribution in [-0.2, 0) is 28.1 Å². The number of nitriles is 1. The molecule has 2 aromatic rings. The Kier molecular flexibility index (Phi) is 9.60. The molecule has 6 nitrogen and oxygen atoms in total. The van der Waals surface area contributed by atoms with Crippen LogP contribution in [-0.4, -0.2) is 30.5 Å². The fourth-order valence-electron chi connectivity index (χ4n) is 3.05. The fraction of sp³-hybridized carbons (Fsp3) is 0.409. The van der Waals surface area contributed by atoms with E-state index in [-0.39, 0.29) is 31.8 Å². The van der Waals surface area contributed by atoms with Crippen LogP contribution in [0.5, 0.6) is 5.75 Å². The zero-order valence-electron chi connectivity index (χ0n) is 17.3. The second-order valence-electron chi connectivity index (χ2n) is 7.48. The number of benzene rings is 2. The highest BCUT2D eigenvalue weighted by atomic mass is 31.1. The first-order valence-corrected chi connectivity index (χ1v) is 10.7. The van der Waals surface area contributed by atoms with Gasteiger partial charge in [-0.05, 0) is 65.6 Å². The number of aliphatic hydroxyl groups is 1. The fourth-order valence-corrected chi connectivity index (χ4v) is 3.39. The summed E-state index contributed by atoms with van der Waals surface area (Å²) >= 11 is 0. The highest BCUT2D eigenvalue weighted by molar-refractivity contribution is 7.17. The highest BCUT2D eigenvalue weighted by Crippen LogP contribution is 2.37. The van der Waals surface area contributed by atoms with Crippen molar-refractivity contribution in [2.75, 3.05) is 19.8 Å². The zero-order valence-corrected chi connectivity index (χ0v) is 18.3. The lowest BCUT2D eigenvalue weighted by Crippen LogP contribution is -2.47. The van der Waals surface area contributed by atoms with E-state index in [1.807, 2.05) is 6.07 Å². The topological polar surface area (TPSA) is 106 Å². The van der Waals surface area contributed by atoms with Crippen LogP contribution < -0.4 is 10.5 Å². The number of aryl methyl sites for hydroxylation is 2. The van der Waals surface area contributed by atoms with Crippen LogP contribution in [0, 0.1) is 11.3 Å². The van der Waals surface area contributed by atoms with Crippen LogP contribution in [0.15, 0.2) is 42.5 Å². The second kappa shape index (κ2) is 11.9. The van der Waals surface area contributed by atoms with Crippen LogP contribution in [0.4, 0.5) is 13.2 Å². The van der Waals surface area contributed by atoms with E-state index in [2.05, 4.69) is 0 Å². The van der Waals surface area contributed by atoms with Crippen molar-refractivity contribution < 1.29 is 32.1 Å². The summed E-state index contributed by atoms with van der Waals surface area (Å²) in [7, 11) is -1.04. The van der Waals surface area contributed by atoms with Crippen molar-refractivity contribution in [2.24, 2.45) is 5.73 Å². The number of rotatable bonds is 12. The molecule has 3 N–H and O–H groups in total. The number of nitrogens with two attached hydrogens (primary N) is 1. The maximum absolute atomic E-state index is 13.6. The predicted molar refractivity (Wildman–Crippen MR) is 114 cm³/mol. The first-order chi connectivity index (χ1) is 15.2. The first kappa shape index (κ1) is 25.8. The standard InChI is InChI=1S/C22H25F3N2O4P/c23-22(24,25)19-12-17(9-10-21(27,14-28)15-31-32-29)7-8-20(19)30-11-1-2-16-3-5-18(13-26)6-4-16/h3-8,12,28,32H,1-2,9-11,14-15,27H2/q+1. The third kappa shape index (κ3) is 7.88. The summed E-state index contributed by atoms with van der Waals surface area (Å²) in [6, 6.07) is 12.9. The summed E-state index contributed by atoms with van der Waals surface area (Å²) in [6.45, 7) is -0.520. The minimum atomic E-state index is -4.60. The molecule has 0 fully saturated rings. The molecule has 2 atom stereocenters. The average Bonchev–Trinajstić information content (AvgIpc) is 2.79. The van der Waals surface area contributed by atoms with Gasteiger partial charge in [0.2, 0.25) is 0 Å². The Hall–Kier alpha value is -2.50. The quantitative estimate of drug-likeness (QED) is 0.357. The van der Waals surface area contributed by atoms with Crippen molar-refractivity contribution in [1.29, 1.82) is 5.26 Å². The number of aliphatic hydroxyl groups excluding tert-OH is 1. The lowest BCUT2D eigenvalue weighted by atomic mass is 9.93. The van der Waals surface area contributed by atoms with Gasteiger partial charge in [-0.1, -0.05) is 18.2 Å². The Labute approximate surface area is 186 Å². The second-order valence-corrected chi connectivity index (χ2v) is 7.94. The summed E-state index contributed by atoms with van der Waals surface area (Å²) in [6.07, 6.45) is -3.16. The molecular weight excluding hydrogens is 444 g/mol. The summed E-state index contributed by atoms with van der Waals surface area (Å²) in [5.41, 5.74) is 5.78. The van der Waals surface area contributed by atoms with Gasteiger partial charge in [-0.2, -0.15) is 18.4 Å². The molecule has 2 unspecified atom stereocenters. The predicted octanol–water partition coefficient (Wildman–Crippen LogP) is 4.17. The molecule has 2 rings (SSSR count). The third-order valence-electron chi connectivity index (χ3n) is 4.94. The number of halogens is 3. The Bertz CT molecular complexity index is 932. The molecule has 172 valence electrons. The van der Waals surface area contributed by atoms with Crippen LogP contribution in [0.1, 0.15) is 35.1 Å². The molecule has 10 heteroatoms. The monoisotopic (exact) mass is 469 g/mol. The Morgan fingerprint density at radius 3 is 2.38 bits per heavy atom. The Morgan fingerprint density at radius 2 is 1.78 bits per heavy atom. The van der Waals surface area contributed by atoms with Crippen molar-refractivity contribution in [1.82, 2.24) is 0 Å². The molecule has 0 spiro atoms. The van der Waals surface area contributed by atoms with Crippen molar-refractivity contribution in [3.05, 3.63) is 64.7 Å². The molecule has 0 aliphatic rings. The van der Waals surface area contributed by atoms with Crippen LogP contribution in [0.3, 0.4) is 0 Å². The zero-order chi connectivity index (χ0) is 23.6. The maximum Gasteiger partial charge on any atom is 0.494 e. The molecule has 0 aliphatic heterocycles. The molecule has 0 aromatic heterocycles. The molecule has 0 heterocycles. The summed E-state index contributed by atoms with van der Waals surface area (Å²) in [5, 5.41) is 18.2. The number of hydrogen-bond acceptors (Lipinski definition) is 6. The summed E-state index contributed by atoms with van der Waals surface area (Å²) in [5.74, 6) is -0.252. The minimum Gasteiger partial charge on any atom is -0.493 e. The molecule has 0 radical (unpaired) electrons. The average molecular weight is 469 g/mol. The van der Waals surface area contributed by atoms with E-state index < -0.39 is 32.6 Å². The molecule has 0 bridgehead atoms. The Balaban J connectivity index is 2.00. The molecule has 0 saturated heterocycles. The smallest absolute Gasteiger partial charge is 0.493 e. The van der Waals surface area contributed by atoms with Crippen LogP contribution >= 0.6 is 8.69 Å². The number of hydrogen-bond donors (Lipinski definition) is 2. The van der Waals surface area contributed by atoms with Gasteiger partial charge in [0, 0.05) is 0 Å². The van der Waals surface area contributed by atoms with E-state index in [1.54, 1.807) is 24.3 Å². The van der Waals surface area contributed by atoms with Gasteiger partial charge < -0.3 is 15.6 Å². The van der Waals surface area contributed by atoms with E-state index in [0.29, 0.717) is 24.0 Å². The molecule has 0 saturated carbocycles. The normalized spacial score (nSPS) is 13.5. The number of nitrogens with zero attached hydrogens (tertiary/aromatic N) is 1. The van der Waals surface area contributed by atoms with Gasteiger partial charge in [0.1, 0.15) is 12.4 Å². The van der Waals surface area contributed by atoms with E-state index in [0.717, 1.165) is 11.6 Å². The summed E-state index contributed by atoms with van der Waals surface area (Å²) < 4.78 is 61.3. The third-order valence-corrected chi connectivity index (χ3v) is 5.21. The minimum absolute atomic E-state index is 0.103. The largest absolute Gasteiger partial charge is 0.494 e. The van der Waals surface area contributed by atoms with E-state index in [4.69, 9.17) is 20.3 Å². The molecule has 2 aromatic carbocycles. The van der Waals surface area contributed by atoms with Crippen molar-refractivity contribution in [3.63, 3.8) is 0 Å². The summed E-state index contributed by atoms with van der Waals surface area (Å²) in [4.78, 5) is 0. The van der Waals surface area contributed by atoms with Crippen LogP contribution in [0.25, 0.3) is 0 Å². The highest BCUT2D eigenvalue weighted by Gasteiger charge is 2.35. The van der Waals surface area contributed by atoms with Gasteiger partial charge in [-0.3, -0.25) is 0 Å².